The van der Waals surface area contributed by atoms with E-state index in [-0.39, 0.29) is 12.4 Å². The van der Waals surface area contributed by atoms with E-state index in [9.17, 15) is 18.8 Å². The number of carbonyl (C=O) groups is 3. The highest BCUT2D eigenvalue weighted by Crippen LogP contribution is 2.27. The van der Waals surface area contributed by atoms with Crippen LogP contribution < -0.4 is 5.32 Å². The fourth-order valence-corrected chi connectivity index (χ4v) is 3.75. The van der Waals surface area contributed by atoms with Crippen LogP contribution in [0.15, 0.2) is 42.5 Å². The Morgan fingerprint density at radius 3 is 2.53 bits per heavy atom. The lowest BCUT2D eigenvalue weighted by atomic mass is 10.1. The molecule has 2 aromatic carbocycles. The predicted molar refractivity (Wildman–Crippen MR) is 113 cm³/mol. The van der Waals surface area contributed by atoms with Crippen LogP contribution in [0.1, 0.15) is 30.5 Å². The van der Waals surface area contributed by atoms with Gasteiger partial charge < -0.3 is 10.2 Å². The van der Waals surface area contributed by atoms with E-state index in [0.29, 0.717) is 35.0 Å². The minimum Gasteiger partial charge on any atom is -0.355 e. The van der Waals surface area contributed by atoms with E-state index >= 15 is 0 Å². The minimum atomic E-state index is -1.04. The van der Waals surface area contributed by atoms with Gasteiger partial charge in [-0.15, -0.1) is 0 Å². The van der Waals surface area contributed by atoms with Crippen molar-refractivity contribution < 1.29 is 18.8 Å². The highest BCUT2D eigenvalue weighted by Gasteiger charge is 2.44. The summed E-state index contributed by atoms with van der Waals surface area (Å²) in [6.07, 6.45) is 1.33. The van der Waals surface area contributed by atoms with E-state index in [1.807, 2.05) is 6.07 Å². The van der Waals surface area contributed by atoms with Crippen LogP contribution in [0.25, 0.3) is 0 Å². The maximum atomic E-state index is 13.1. The minimum absolute atomic E-state index is 0.00877. The van der Waals surface area contributed by atoms with Gasteiger partial charge >= 0.3 is 0 Å². The molecule has 3 rings (SSSR count). The second kappa shape index (κ2) is 9.58. The molecule has 2 amide bonds. The molecule has 0 aromatic heterocycles. The lowest BCUT2D eigenvalue weighted by Crippen LogP contribution is -2.36. The molecule has 0 saturated carbocycles. The number of likely N-dealkylation sites (tertiary alicyclic amines) is 1. The lowest BCUT2D eigenvalue weighted by Gasteiger charge is -2.24. The van der Waals surface area contributed by atoms with Gasteiger partial charge in [0.2, 0.25) is 11.7 Å². The Labute approximate surface area is 184 Å². The Balaban J connectivity index is 1.53. The Hall–Kier alpha value is -2.44. The van der Waals surface area contributed by atoms with Gasteiger partial charge in [-0.3, -0.25) is 14.4 Å². The molecule has 30 heavy (non-hydrogen) atoms. The number of benzene rings is 2. The molecule has 0 aliphatic carbocycles. The average Bonchev–Trinajstić information content (AvgIpc) is 3.03. The summed E-state index contributed by atoms with van der Waals surface area (Å²) in [4.78, 5) is 38.5. The molecular formula is C22H21Cl2FN2O3. The summed E-state index contributed by atoms with van der Waals surface area (Å²) in [6.45, 7) is 2.12. The van der Waals surface area contributed by atoms with Crippen LogP contribution in [0.4, 0.5) is 4.39 Å². The van der Waals surface area contributed by atoms with Crippen molar-refractivity contribution in [2.75, 3.05) is 13.1 Å². The molecule has 1 saturated heterocycles. The molecule has 5 nitrogen and oxygen atoms in total. The van der Waals surface area contributed by atoms with Gasteiger partial charge in [-0.05, 0) is 55.2 Å². The molecular weight excluding hydrogens is 430 g/mol. The van der Waals surface area contributed by atoms with E-state index < -0.39 is 29.6 Å². The largest absolute Gasteiger partial charge is 0.355 e. The normalized spacial score (nSPS) is 17.3. The molecule has 1 N–H and O–H groups in total. The predicted octanol–water partition coefficient (Wildman–Crippen LogP) is 3.97. The average molecular weight is 451 g/mol. The van der Waals surface area contributed by atoms with Gasteiger partial charge in [0.1, 0.15) is 11.7 Å². The first-order valence-corrected chi connectivity index (χ1v) is 10.4. The molecule has 2 aromatic rings. The van der Waals surface area contributed by atoms with Crippen LogP contribution in [-0.2, 0) is 20.8 Å². The van der Waals surface area contributed by atoms with Gasteiger partial charge in [0, 0.05) is 13.1 Å². The Kier molecular flexibility index (Phi) is 7.10. The van der Waals surface area contributed by atoms with Gasteiger partial charge in [-0.25, -0.2) is 4.39 Å². The molecule has 1 fully saturated rings. The summed E-state index contributed by atoms with van der Waals surface area (Å²) >= 11 is 11.9. The fraction of sp³-hybridized carbons (Fsp3) is 0.318. The van der Waals surface area contributed by atoms with Crippen molar-refractivity contribution in [3.05, 3.63) is 69.5 Å². The summed E-state index contributed by atoms with van der Waals surface area (Å²) in [5.41, 5.74) is 1.69. The van der Waals surface area contributed by atoms with Crippen molar-refractivity contribution in [3.8, 4) is 0 Å². The second-order valence-corrected chi connectivity index (χ2v) is 8.06. The van der Waals surface area contributed by atoms with Crippen molar-refractivity contribution >= 4 is 40.8 Å². The fourth-order valence-electron chi connectivity index (χ4n) is 3.43. The van der Waals surface area contributed by atoms with Crippen LogP contribution in [0.3, 0.4) is 0 Å². The number of amides is 2. The summed E-state index contributed by atoms with van der Waals surface area (Å²) < 4.78 is 13.1. The molecule has 1 heterocycles. The highest BCUT2D eigenvalue weighted by molar-refractivity contribution is 6.42. The third kappa shape index (κ3) is 4.99. The number of hydrogen-bond donors (Lipinski definition) is 1. The van der Waals surface area contributed by atoms with Gasteiger partial charge in [0.15, 0.2) is 0 Å². The lowest BCUT2D eigenvalue weighted by molar-refractivity contribution is -0.143. The molecule has 158 valence electrons. The van der Waals surface area contributed by atoms with Crippen molar-refractivity contribution in [2.24, 2.45) is 5.92 Å². The molecule has 8 heteroatoms. The zero-order chi connectivity index (χ0) is 21.8. The number of carbonyl (C=O) groups excluding carboxylic acids is 3. The van der Waals surface area contributed by atoms with E-state index in [1.165, 1.54) is 17.0 Å². The highest BCUT2D eigenvalue weighted by atomic mass is 35.5. The number of nitrogens with one attached hydrogen (secondary N) is 1. The first-order valence-electron chi connectivity index (χ1n) is 9.60. The maximum Gasteiger partial charge on any atom is 0.291 e. The van der Waals surface area contributed by atoms with E-state index in [0.717, 1.165) is 5.56 Å². The monoisotopic (exact) mass is 450 g/mol. The van der Waals surface area contributed by atoms with Crippen LogP contribution >= 0.6 is 23.2 Å². The number of hydrogen-bond acceptors (Lipinski definition) is 3. The molecule has 0 radical (unpaired) electrons. The van der Waals surface area contributed by atoms with Crippen LogP contribution in [-0.4, -0.2) is 35.6 Å². The zero-order valence-corrected chi connectivity index (χ0v) is 17.8. The van der Waals surface area contributed by atoms with Gasteiger partial charge in [-0.2, -0.15) is 0 Å². The quantitative estimate of drug-likeness (QED) is 0.394. The Morgan fingerprint density at radius 2 is 1.87 bits per heavy atom. The first kappa shape index (κ1) is 22.2. The number of halogens is 3. The number of aryl methyl sites for hydroxylation is 1. The summed E-state index contributed by atoms with van der Waals surface area (Å²) in [7, 11) is 0. The SMILES string of the molecule is CC(c1ccc(F)cc1)N1CC(C(=O)NCCCc2ccc(Cl)c(Cl)c2)C(=O)C1=O. The number of ketones is 1. The first-order chi connectivity index (χ1) is 14.3. The van der Waals surface area contributed by atoms with E-state index in [2.05, 4.69) is 5.32 Å². The maximum absolute atomic E-state index is 13.1. The third-order valence-corrected chi connectivity index (χ3v) is 5.97. The van der Waals surface area contributed by atoms with Crippen molar-refractivity contribution in [3.63, 3.8) is 0 Å². The smallest absolute Gasteiger partial charge is 0.291 e. The van der Waals surface area contributed by atoms with Gasteiger partial charge in [0.25, 0.3) is 5.91 Å². The van der Waals surface area contributed by atoms with Gasteiger partial charge in [0.05, 0.1) is 16.1 Å². The topological polar surface area (TPSA) is 66.5 Å². The van der Waals surface area contributed by atoms with E-state index in [1.54, 1.807) is 31.2 Å². The summed E-state index contributed by atoms with van der Waals surface area (Å²) in [6, 6.07) is 10.6. The number of rotatable bonds is 7. The molecule has 0 bridgehead atoms. The molecule has 0 spiro atoms. The van der Waals surface area contributed by atoms with Crippen LogP contribution in [0.2, 0.25) is 10.0 Å². The molecule has 1 aliphatic heterocycles. The zero-order valence-electron chi connectivity index (χ0n) is 16.3. The summed E-state index contributed by atoms with van der Waals surface area (Å²) in [5, 5.41) is 3.69. The van der Waals surface area contributed by atoms with Crippen LogP contribution in [0.5, 0.6) is 0 Å². The summed E-state index contributed by atoms with van der Waals surface area (Å²) in [5.74, 6) is -3.29. The molecule has 2 unspecified atom stereocenters. The number of Topliss-reactive ketones (excluding diaryl/α,β-unsaturated/α-hetero) is 1. The molecule has 2 atom stereocenters. The second-order valence-electron chi connectivity index (χ2n) is 7.24. The van der Waals surface area contributed by atoms with Crippen molar-refractivity contribution in [1.82, 2.24) is 10.2 Å². The van der Waals surface area contributed by atoms with Crippen LogP contribution in [0, 0.1) is 11.7 Å². The third-order valence-electron chi connectivity index (χ3n) is 5.23. The Morgan fingerprint density at radius 1 is 1.17 bits per heavy atom. The standard InChI is InChI=1S/C22H21Cl2FN2O3/c1-13(15-5-7-16(25)8-6-15)27-12-17(20(28)22(27)30)21(29)26-10-2-3-14-4-9-18(23)19(24)11-14/h4-9,11,13,17H,2-3,10,12H2,1H3,(H,26,29). The van der Waals surface area contributed by atoms with Crippen molar-refractivity contribution in [1.29, 1.82) is 0 Å². The Bertz CT molecular complexity index is 965. The van der Waals surface area contributed by atoms with E-state index in [4.69, 9.17) is 23.2 Å². The molecule has 1 aliphatic rings. The van der Waals surface area contributed by atoms with Crippen molar-refractivity contribution in [2.45, 2.75) is 25.8 Å². The number of nitrogens with zero attached hydrogens (tertiary/aromatic N) is 1. The van der Waals surface area contributed by atoms with Gasteiger partial charge in [-0.1, -0.05) is 41.4 Å².